The molecule has 0 bridgehead atoms. The number of carbonyl (C=O) groups is 1. The molecule has 0 spiro atoms. The Hall–Kier alpha value is -0.570. The zero-order valence-corrected chi connectivity index (χ0v) is 17.7. The van der Waals surface area contributed by atoms with E-state index in [1.54, 1.807) is 0 Å². The van der Waals surface area contributed by atoms with Crippen molar-refractivity contribution in [3.05, 3.63) is 0 Å². The molecule has 0 amide bonds. The Morgan fingerprint density at radius 1 is 0.720 bits per heavy atom. The second-order valence-corrected chi connectivity index (χ2v) is 8.21. The largest absolute Gasteiger partial charge is 0.481 e. The van der Waals surface area contributed by atoms with Crippen molar-refractivity contribution >= 4 is 5.97 Å². The number of aliphatic carboxylic acids is 1. The molecule has 0 rings (SSSR count). The van der Waals surface area contributed by atoms with E-state index in [9.17, 15) is 0 Å². The maximum Gasteiger partial charge on any atom is 0.300 e. The van der Waals surface area contributed by atoms with Gasteiger partial charge in [-0.15, -0.1) is 0 Å². The summed E-state index contributed by atoms with van der Waals surface area (Å²) in [5.41, 5.74) is 6.03. The van der Waals surface area contributed by atoms with E-state index in [1.807, 2.05) is 0 Å². The number of hydrogen-bond acceptors (Lipinski definition) is 2. The van der Waals surface area contributed by atoms with E-state index in [2.05, 4.69) is 20.8 Å². The molecular weight excluding hydrogens is 310 g/mol. The SMILES string of the molecule is CC(=O)O.CCCCCCCCCCCCCCCCCC(C)(C)N. The highest BCUT2D eigenvalue weighted by atomic mass is 16.4. The van der Waals surface area contributed by atoms with Crippen LogP contribution in [0.5, 0.6) is 0 Å². The molecule has 0 aromatic rings. The van der Waals surface area contributed by atoms with E-state index in [4.69, 9.17) is 15.6 Å². The maximum atomic E-state index is 9.00. The summed E-state index contributed by atoms with van der Waals surface area (Å²) in [6, 6.07) is 0. The molecular formula is C22H47NO2. The maximum absolute atomic E-state index is 9.00. The van der Waals surface area contributed by atoms with Crippen molar-refractivity contribution in [1.29, 1.82) is 0 Å². The van der Waals surface area contributed by atoms with Crippen LogP contribution in [0.4, 0.5) is 0 Å². The van der Waals surface area contributed by atoms with Crippen LogP contribution in [0.1, 0.15) is 130 Å². The van der Waals surface area contributed by atoms with E-state index in [0.29, 0.717) is 0 Å². The summed E-state index contributed by atoms with van der Waals surface area (Å²) in [6.45, 7) is 7.65. The number of carboxylic acids is 1. The highest BCUT2D eigenvalue weighted by Gasteiger charge is 2.08. The molecule has 152 valence electrons. The molecule has 0 saturated carbocycles. The summed E-state index contributed by atoms with van der Waals surface area (Å²) in [4.78, 5) is 9.00. The molecule has 3 heteroatoms. The minimum atomic E-state index is -0.833. The molecule has 0 heterocycles. The topological polar surface area (TPSA) is 63.3 Å². The molecule has 25 heavy (non-hydrogen) atoms. The van der Waals surface area contributed by atoms with E-state index in [0.717, 1.165) is 6.92 Å². The van der Waals surface area contributed by atoms with Crippen LogP contribution in [0.15, 0.2) is 0 Å². The van der Waals surface area contributed by atoms with Gasteiger partial charge in [-0.2, -0.15) is 0 Å². The van der Waals surface area contributed by atoms with Gasteiger partial charge in [0.25, 0.3) is 5.97 Å². The molecule has 0 fully saturated rings. The van der Waals surface area contributed by atoms with E-state index in [1.165, 1.54) is 103 Å². The predicted octanol–water partition coefficient (Wildman–Crippen LogP) is 7.08. The zero-order chi connectivity index (χ0) is 19.4. The van der Waals surface area contributed by atoms with Crippen LogP contribution in [0.3, 0.4) is 0 Å². The molecule has 0 aromatic carbocycles. The lowest BCUT2D eigenvalue weighted by molar-refractivity contribution is -0.134. The van der Waals surface area contributed by atoms with Crippen LogP contribution in [0.25, 0.3) is 0 Å². The molecule has 0 saturated heterocycles. The molecule has 3 nitrogen and oxygen atoms in total. The molecule has 0 radical (unpaired) electrons. The number of hydrogen-bond donors (Lipinski definition) is 2. The van der Waals surface area contributed by atoms with Gasteiger partial charge in [-0.3, -0.25) is 4.79 Å². The first-order valence-electron chi connectivity index (χ1n) is 10.8. The van der Waals surface area contributed by atoms with Crippen molar-refractivity contribution in [2.75, 3.05) is 0 Å². The van der Waals surface area contributed by atoms with Crippen LogP contribution in [-0.4, -0.2) is 16.6 Å². The van der Waals surface area contributed by atoms with Crippen LogP contribution >= 0.6 is 0 Å². The third kappa shape index (κ3) is 35.4. The van der Waals surface area contributed by atoms with Gasteiger partial charge in [0.15, 0.2) is 0 Å². The summed E-state index contributed by atoms with van der Waals surface area (Å²) in [6.07, 6.45) is 22.7. The monoisotopic (exact) mass is 357 g/mol. The second-order valence-electron chi connectivity index (χ2n) is 8.21. The Bertz CT molecular complexity index is 268. The minimum Gasteiger partial charge on any atom is -0.481 e. The lowest BCUT2D eigenvalue weighted by Crippen LogP contribution is -2.31. The van der Waals surface area contributed by atoms with E-state index < -0.39 is 5.97 Å². The van der Waals surface area contributed by atoms with Crippen LogP contribution in [0, 0.1) is 0 Å². The summed E-state index contributed by atoms with van der Waals surface area (Å²) in [5, 5.41) is 7.42. The molecule has 0 atom stereocenters. The fraction of sp³-hybridized carbons (Fsp3) is 0.955. The van der Waals surface area contributed by atoms with Gasteiger partial charge < -0.3 is 10.8 Å². The van der Waals surface area contributed by atoms with Crippen LogP contribution < -0.4 is 5.73 Å². The standard InChI is InChI=1S/C20H43N.C2H4O2/c1-4-5-6-7-8-9-10-11-12-13-14-15-16-17-18-19-20(2,3)21;1-2(3)4/h4-19,21H2,1-3H3;1H3,(H,3,4). The second kappa shape index (κ2) is 19.8. The summed E-state index contributed by atoms with van der Waals surface area (Å²) in [5.74, 6) is -0.833. The Balaban J connectivity index is 0. The molecule has 0 unspecified atom stereocenters. The van der Waals surface area contributed by atoms with Crippen molar-refractivity contribution in [3.8, 4) is 0 Å². The van der Waals surface area contributed by atoms with Gasteiger partial charge in [0.2, 0.25) is 0 Å². The highest BCUT2D eigenvalue weighted by Crippen LogP contribution is 2.15. The highest BCUT2D eigenvalue weighted by molar-refractivity contribution is 5.62. The quantitative estimate of drug-likeness (QED) is 0.290. The number of rotatable bonds is 16. The fourth-order valence-electron chi connectivity index (χ4n) is 2.95. The molecule has 0 aliphatic carbocycles. The van der Waals surface area contributed by atoms with Crippen molar-refractivity contribution in [3.63, 3.8) is 0 Å². The van der Waals surface area contributed by atoms with Gasteiger partial charge in [0.1, 0.15) is 0 Å². The van der Waals surface area contributed by atoms with Crippen molar-refractivity contribution in [2.45, 2.75) is 136 Å². The Morgan fingerprint density at radius 3 is 1.20 bits per heavy atom. The summed E-state index contributed by atoms with van der Waals surface area (Å²) < 4.78 is 0. The van der Waals surface area contributed by atoms with Gasteiger partial charge >= 0.3 is 0 Å². The Morgan fingerprint density at radius 2 is 0.960 bits per heavy atom. The lowest BCUT2D eigenvalue weighted by Gasteiger charge is -2.17. The lowest BCUT2D eigenvalue weighted by atomic mass is 9.97. The van der Waals surface area contributed by atoms with Gasteiger partial charge in [-0.25, -0.2) is 0 Å². The fourth-order valence-corrected chi connectivity index (χ4v) is 2.95. The first kappa shape index (κ1) is 26.7. The van der Waals surface area contributed by atoms with Gasteiger partial charge in [-0.05, 0) is 20.3 Å². The Labute approximate surface area is 158 Å². The minimum absolute atomic E-state index is 0.0382. The van der Waals surface area contributed by atoms with E-state index in [-0.39, 0.29) is 5.54 Å². The summed E-state index contributed by atoms with van der Waals surface area (Å²) in [7, 11) is 0. The van der Waals surface area contributed by atoms with Crippen molar-refractivity contribution in [1.82, 2.24) is 0 Å². The first-order valence-corrected chi connectivity index (χ1v) is 10.8. The van der Waals surface area contributed by atoms with Crippen LogP contribution in [-0.2, 0) is 4.79 Å². The third-order valence-corrected chi connectivity index (χ3v) is 4.42. The average molecular weight is 358 g/mol. The average Bonchev–Trinajstić information content (AvgIpc) is 2.49. The number of carboxylic acid groups (broad SMARTS) is 1. The van der Waals surface area contributed by atoms with Gasteiger partial charge in [0.05, 0.1) is 0 Å². The molecule has 0 aliphatic rings. The van der Waals surface area contributed by atoms with Gasteiger partial charge in [0, 0.05) is 12.5 Å². The molecule has 3 N–H and O–H groups in total. The first-order chi connectivity index (χ1) is 11.8. The van der Waals surface area contributed by atoms with Gasteiger partial charge in [-0.1, -0.05) is 103 Å². The van der Waals surface area contributed by atoms with Crippen LogP contribution in [0.2, 0.25) is 0 Å². The van der Waals surface area contributed by atoms with E-state index >= 15 is 0 Å². The van der Waals surface area contributed by atoms with Crippen molar-refractivity contribution in [2.24, 2.45) is 5.73 Å². The smallest absolute Gasteiger partial charge is 0.300 e. The number of unbranched alkanes of at least 4 members (excludes halogenated alkanes) is 14. The molecule has 0 aromatic heterocycles. The van der Waals surface area contributed by atoms with Crippen molar-refractivity contribution < 1.29 is 9.90 Å². The number of nitrogens with two attached hydrogens (primary N) is 1. The normalized spacial score (nSPS) is 11.1. The third-order valence-electron chi connectivity index (χ3n) is 4.42. The Kier molecular flexibility index (Phi) is 21.1. The summed E-state index contributed by atoms with van der Waals surface area (Å²) >= 11 is 0. The predicted molar refractivity (Wildman–Crippen MR) is 111 cm³/mol. The zero-order valence-electron chi connectivity index (χ0n) is 17.7. The molecule has 0 aliphatic heterocycles.